The summed E-state index contributed by atoms with van der Waals surface area (Å²) in [6.45, 7) is 1.92. The first-order chi connectivity index (χ1) is 12.6. The molecule has 0 unspecified atom stereocenters. The monoisotopic (exact) mass is 362 g/mol. The third-order valence-corrected chi connectivity index (χ3v) is 4.61. The Morgan fingerprint density at radius 3 is 2.62 bits per heavy atom. The zero-order valence-corrected chi connectivity index (χ0v) is 14.8. The molecular weight excluding hydrogens is 348 g/mol. The molecule has 0 saturated heterocycles. The summed E-state index contributed by atoms with van der Waals surface area (Å²) in [4.78, 5) is 25.5. The smallest absolute Gasteiger partial charge is 0.230 e. The molecule has 0 fully saturated rings. The molecule has 0 atom stereocenters. The highest BCUT2D eigenvalue weighted by molar-refractivity contribution is 6.32. The Hall–Kier alpha value is -3.05. The Labute approximate surface area is 155 Å². The van der Waals surface area contributed by atoms with Crippen LogP contribution in [-0.2, 0) is 4.79 Å². The van der Waals surface area contributed by atoms with Crippen molar-refractivity contribution < 1.29 is 4.79 Å². The van der Waals surface area contributed by atoms with E-state index >= 15 is 0 Å². The van der Waals surface area contributed by atoms with Crippen molar-refractivity contribution in [1.29, 1.82) is 0 Å². The number of aliphatic imine (C=N–C) groups is 1. The average Bonchev–Trinajstić information content (AvgIpc) is 2.81. The number of rotatable bonds is 2. The lowest BCUT2D eigenvalue weighted by molar-refractivity contribution is -0.115. The quantitative estimate of drug-likeness (QED) is 0.726. The molecule has 6 heteroatoms. The van der Waals surface area contributed by atoms with Crippen LogP contribution in [0.4, 0.5) is 11.4 Å². The second-order valence-corrected chi connectivity index (χ2v) is 6.47. The third kappa shape index (κ3) is 3.21. The molecule has 3 aromatic rings. The Morgan fingerprint density at radius 1 is 1.04 bits per heavy atom. The second kappa shape index (κ2) is 6.69. The molecule has 3 heterocycles. The van der Waals surface area contributed by atoms with Gasteiger partial charge in [-0.1, -0.05) is 11.6 Å². The molecule has 0 aliphatic carbocycles. The molecule has 1 amide bonds. The number of nitrogens with one attached hydrogen (secondary N) is 1. The van der Waals surface area contributed by atoms with E-state index in [0.717, 1.165) is 22.4 Å². The van der Waals surface area contributed by atoms with Crippen molar-refractivity contribution in [1.82, 2.24) is 9.97 Å². The number of aryl methyl sites for hydroxylation is 1. The Balaban J connectivity index is 1.80. The predicted molar refractivity (Wildman–Crippen MR) is 103 cm³/mol. The molecule has 128 valence electrons. The molecule has 4 rings (SSSR count). The van der Waals surface area contributed by atoms with Crippen LogP contribution in [0.1, 0.15) is 17.5 Å². The van der Waals surface area contributed by atoms with Gasteiger partial charge in [0, 0.05) is 34.7 Å². The van der Waals surface area contributed by atoms with Crippen LogP contribution in [0.5, 0.6) is 0 Å². The Kier molecular flexibility index (Phi) is 4.22. The van der Waals surface area contributed by atoms with E-state index in [1.165, 1.54) is 0 Å². The molecule has 0 bridgehead atoms. The van der Waals surface area contributed by atoms with Gasteiger partial charge in [-0.2, -0.15) is 0 Å². The zero-order valence-electron chi connectivity index (χ0n) is 14.0. The summed E-state index contributed by atoms with van der Waals surface area (Å²) in [6, 6.07) is 11.2. The molecule has 1 aromatic carbocycles. The number of carbonyl (C=O) groups excluding carboxylic acids is 1. The van der Waals surface area contributed by atoms with E-state index in [2.05, 4.69) is 15.3 Å². The number of hydrogen-bond donors (Lipinski definition) is 1. The highest BCUT2D eigenvalue weighted by atomic mass is 35.5. The summed E-state index contributed by atoms with van der Waals surface area (Å²) in [6.07, 6.45) is 5.36. The van der Waals surface area contributed by atoms with Crippen molar-refractivity contribution in [2.75, 3.05) is 5.32 Å². The molecule has 1 aliphatic rings. The number of pyridine rings is 2. The van der Waals surface area contributed by atoms with Crippen LogP contribution in [0.15, 0.2) is 60.0 Å². The standard InChI is InChI=1S/C20H15ClN4O/c1-12-8-18-19(10-15(12)21)25-20(26)11-17(24-18)14-4-7-23-16(9-14)13-2-5-22-6-3-13/h2-10H,11H2,1H3,(H,25,26). The highest BCUT2D eigenvalue weighted by Gasteiger charge is 2.18. The number of benzene rings is 1. The van der Waals surface area contributed by atoms with E-state index in [-0.39, 0.29) is 12.3 Å². The Bertz CT molecular complexity index is 1030. The lowest BCUT2D eigenvalue weighted by atomic mass is 10.0. The van der Waals surface area contributed by atoms with Crippen LogP contribution in [0.2, 0.25) is 5.02 Å². The first-order valence-corrected chi connectivity index (χ1v) is 8.52. The van der Waals surface area contributed by atoms with Gasteiger partial charge < -0.3 is 5.32 Å². The fourth-order valence-electron chi connectivity index (χ4n) is 2.85. The summed E-state index contributed by atoms with van der Waals surface area (Å²) in [5.41, 5.74) is 5.58. The normalized spacial score (nSPS) is 13.5. The summed E-state index contributed by atoms with van der Waals surface area (Å²) >= 11 is 6.18. The van der Waals surface area contributed by atoms with Crippen molar-refractivity contribution in [3.63, 3.8) is 0 Å². The van der Waals surface area contributed by atoms with Gasteiger partial charge in [0.1, 0.15) is 0 Å². The number of halogens is 1. The minimum absolute atomic E-state index is 0.121. The molecule has 1 aliphatic heterocycles. The minimum atomic E-state index is -0.121. The van der Waals surface area contributed by atoms with Gasteiger partial charge in [-0.25, -0.2) is 0 Å². The van der Waals surface area contributed by atoms with Gasteiger partial charge >= 0.3 is 0 Å². The van der Waals surface area contributed by atoms with Crippen LogP contribution < -0.4 is 5.32 Å². The SMILES string of the molecule is Cc1cc2c(cc1Cl)NC(=O)CC(c1ccnc(-c3ccncc3)c1)=N2. The maximum absolute atomic E-state index is 12.3. The van der Waals surface area contributed by atoms with E-state index in [0.29, 0.717) is 22.1 Å². The first kappa shape index (κ1) is 16.4. The van der Waals surface area contributed by atoms with Crippen LogP contribution in [0.25, 0.3) is 11.3 Å². The fourth-order valence-corrected chi connectivity index (χ4v) is 3.01. The van der Waals surface area contributed by atoms with E-state index < -0.39 is 0 Å². The van der Waals surface area contributed by atoms with Crippen molar-refractivity contribution >= 4 is 34.6 Å². The zero-order chi connectivity index (χ0) is 18.1. The molecule has 5 nitrogen and oxygen atoms in total. The summed E-state index contributed by atoms with van der Waals surface area (Å²) in [5.74, 6) is -0.121. The number of amides is 1. The van der Waals surface area contributed by atoms with Gasteiger partial charge in [-0.05, 0) is 48.9 Å². The number of anilines is 1. The van der Waals surface area contributed by atoms with E-state index in [9.17, 15) is 4.79 Å². The maximum atomic E-state index is 12.3. The van der Waals surface area contributed by atoms with E-state index in [1.807, 2.05) is 37.3 Å². The predicted octanol–water partition coefficient (Wildman–Crippen LogP) is 4.57. The minimum Gasteiger partial charge on any atom is -0.324 e. The van der Waals surface area contributed by atoms with Crippen LogP contribution >= 0.6 is 11.6 Å². The number of fused-ring (bicyclic) bond motifs is 1. The molecule has 0 saturated carbocycles. The van der Waals surface area contributed by atoms with Crippen LogP contribution in [0.3, 0.4) is 0 Å². The summed E-state index contributed by atoms with van der Waals surface area (Å²) < 4.78 is 0. The molecular formula is C20H15ClN4O. The fraction of sp³-hybridized carbons (Fsp3) is 0.100. The number of hydrogen-bond acceptors (Lipinski definition) is 4. The molecule has 1 N–H and O–H groups in total. The summed E-state index contributed by atoms with van der Waals surface area (Å²) in [5, 5.41) is 3.48. The van der Waals surface area contributed by atoms with Crippen molar-refractivity contribution in [3.05, 3.63) is 71.1 Å². The molecule has 2 aromatic heterocycles. The molecule has 0 spiro atoms. The lowest BCUT2D eigenvalue weighted by Gasteiger charge is -2.07. The van der Waals surface area contributed by atoms with E-state index in [1.54, 1.807) is 24.7 Å². The summed E-state index contributed by atoms with van der Waals surface area (Å²) in [7, 11) is 0. The lowest BCUT2D eigenvalue weighted by Crippen LogP contribution is -2.15. The third-order valence-electron chi connectivity index (χ3n) is 4.20. The van der Waals surface area contributed by atoms with Crippen LogP contribution in [-0.4, -0.2) is 21.6 Å². The van der Waals surface area contributed by atoms with Gasteiger partial charge in [0.25, 0.3) is 0 Å². The van der Waals surface area contributed by atoms with Gasteiger partial charge in [-0.3, -0.25) is 19.8 Å². The maximum Gasteiger partial charge on any atom is 0.230 e. The first-order valence-electron chi connectivity index (χ1n) is 8.14. The average molecular weight is 363 g/mol. The largest absolute Gasteiger partial charge is 0.324 e. The topological polar surface area (TPSA) is 67.2 Å². The number of aromatic nitrogens is 2. The van der Waals surface area contributed by atoms with E-state index in [4.69, 9.17) is 16.6 Å². The molecule has 0 radical (unpaired) electrons. The molecule has 26 heavy (non-hydrogen) atoms. The number of nitrogens with zero attached hydrogens (tertiary/aromatic N) is 3. The van der Waals surface area contributed by atoms with Gasteiger partial charge in [0.05, 0.1) is 29.2 Å². The van der Waals surface area contributed by atoms with Gasteiger partial charge in [0.15, 0.2) is 0 Å². The van der Waals surface area contributed by atoms with Crippen molar-refractivity contribution in [2.45, 2.75) is 13.3 Å². The van der Waals surface area contributed by atoms with Crippen molar-refractivity contribution in [2.24, 2.45) is 4.99 Å². The van der Waals surface area contributed by atoms with Gasteiger partial charge in [-0.15, -0.1) is 0 Å². The number of carbonyl (C=O) groups is 1. The van der Waals surface area contributed by atoms with Crippen LogP contribution in [0, 0.1) is 6.92 Å². The highest BCUT2D eigenvalue weighted by Crippen LogP contribution is 2.34. The van der Waals surface area contributed by atoms with Crippen molar-refractivity contribution in [3.8, 4) is 11.3 Å². The second-order valence-electron chi connectivity index (χ2n) is 6.07. The van der Waals surface area contributed by atoms with Gasteiger partial charge in [0.2, 0.25) is 5.91 Å². The Morgan fingerprint density at radius 2 is 1.81 bits per heavy atom.